The minimum Gasteiger partial charge on any atom is -1.00 e. The average Bonchev–Trinajstić information content (AvgIpc) is 3.50. The number of anilines is 2. The maximum Gasteiger partial charge on any atom is 1.00 e. The molecule has 1 atom stereocenters. The minimum atomic E-state index is -5.06. The Balaban J connectivity index is 0.00000504. The molecule has 67 heavy (non-hydrogen) atoms. The van der Waals surface area contributed by atoms with Crippen molar-refractivity contribution in [3.63, 3.8) is 0 Å². The van der Waals surface area contributed by atoms with E-state index >= 15 is 0 Å². The third-order valence-electron chi connectivity index (χ3n) is 11.5. The van der Waals surface area contributed by atoms with Crippen LogP contribution in [0.15, 0.2) is 103 Å². The second kappa shape index (κ2) is 18.7. The molecule has 0 amide bonds. The Morgan fingerprint density at radius 2 is 1.07 bits per heavy atom. The number of halogens is 1. The quantitative estimate of drug-likeness (QED) is 0.0566. The van der Waals surface area contributed by atoms with Gasteiger partial charge in [0.25, 0.3) is 60.7 Å². The first-order chi connectivity index (χ1) is 29.9. The predicted octanol–water partition coefficient (Wildman–Crippen LogP) is 2.64. The Kier molecular flexibility index (Phi) is 15.4. The summed E-state index contributed by atoms with van der Waals surface area (Å²) in [6, 6.07) is 8.26. The normalized spacial score (nSPS) is 18.5. The van der Waals surface area contributed by atoms with Crippen LogP contribution in [0.2, 0.25) is 0 Å². The summed E-state index contributed by atoms with van der Waals surface area (Å²) in [5.41, 5.74) is -0.307. The van der Waals surface area contributed by atoms with Crippen molar-refractivity contribution in [2.24, 2.45) is 0 Å². The van der Waals surface area contributed by atoms with Gasteiger partial charge in [0.05, 0.1) is 27.3 Å². The molecule has 4 aromatic rings. The number of hydrogen-bond acceptors (Lipinski definition) is 14. The van der Waals surface area contributed by atoms with Crippen molar-refractivity contribution >= 4 is 110 Å². The molecule has 6 N–H and O–H groups in total. The molecule has 1 unspecified atom stereocenters. The molecule has 20 nitrogen and oxygen atoms in total. The van der Waals surface area contributed by atoms with Crippen LogP contribution in [-0.2, 0) is 71.5 Å². The van der Waals surface area contributed by atoms with Gasteiger partial charge in [-0.15, -0.1) is 0 Å². The molecular formula is C39H44BrN2NaO18S6. The van der Waals surface area contributed by atoms with E-state index in [4.69, 9.17) is 0 Å². The molecule has 0 radical (unpaired) electrons. The van der Waals surface area contributed by atoms with Crippen molar-refractivity contribution in [1.82, 2.24) is 0 Å². The summed E-state index contributed by atoms with van der Waals surface area (Å²) >= 11 is 3.53. The Bertz CT molecular complexity index is 3530. The number of hydrogen-bond donors (Lipinski definition) is 6. The number of rotatable bonds is 15. The van der Waals surface area contributed by atoms with Crippen molar-refractivity contribution in [2.45, 2.75) is 77.0 Å². The SMILES string of the molecule is CC1(C)\C(=C/C=C(Br)/C=C/C2N(CCCS(=O)(=O)O)c3ccc4c(S(=O)(=O)O)cc(S(=O)(=O)O)cc4c3C2(C)C)N(CCCS(=O)(=O)O)c2ccc3c(S(=O)(=O)O)cc(S(=O)(=O)O)cc3c21.[H-].[Na+]. The molecule has 0 aliphatic carbocycles. The van der Waals surface area contributed by atoms with Crippen LogP contribution in [0.4, 0.5) is 11.4 Å². The van der Waals surface area contributed by atoms with Gasteiger partial charge in [0.2, 0.25) is 0 Å². The second-order valence-corrected chi connectivity index (χ2v) is 26.4. The molecule has 28 heteroatoms. The summed E-state index contributed by atoms with van der Waals surface area (Å²) in [6.45, 7) is 6.84. The molecule has 0 spiro atoms. The first kappa shape index (κ1) is 55.1. The second-order valence-electron chi connectivity index (χ2n) is 16.7. The maximum atomic E-state index is 12.5. The van der Waals surface area contributed by atoms with Crippen LogP contribution in [0, 0.1) is 0 Å². The fourth-order valence-corrected chi connectivity index (χ4v) is 12.8. The van der Waals surface area contributed by atoms with Gasteiger partial charge in [-0.2, -0.15) is 50.5 Å². The van der Waals surface area contributed by atoms with Gasteiger partial charge in [0, 0.05) is 56.2 Å². The van der Waals surface area contributed by atoms with E-state index in [2.05, 4.69) is 15.9 Å². The van der Waals surface area contributed by atoms with Crippen LogP contribution in [0.3, 0.4) is 0 Å². The van der Waals surface area contributed by atoms with Crippen LogP contribution in [0.25, 0.3) is 21.5 Å². The molecule has 2 heterocycles. The topological polar surface area (TPSA) is 333 Å². The van der Waals surface area contributed by atoms with Gasteiger partial charge in [-0.3, -0.25) is 27.3 Å². The van der Waals surface area contributed by atoms with E-state index in [9.17, 15) is 77.8 Å². The first-order valence-electron chi connectivity index (χ1n) is 19.3. The molecule has 2 aliphatic rings. The Morgan fingerprint density at radius 1 is 0.627 bits per heavy atom. The van der Waals surface area contributed by atoms with Gasteiger partial charge < -0.3 is 11.2 Å². The van der Waals surface area contributed by atoms with E-state index < -0.39 is 109 Å². The monoisotopic (exact) mass is 1120 g/mol. The molecule has 0 bridgehead atoms. The predicted molar refractivity (Wildman–Crippen MR) is 249 cm³/mol. The molecule has 0 fully saturated rings. The third-order valence-corrected chi connectivity index (χ3v) is 17.1. The van der Waals surface area contributed by atoms with Gasteiger partial charge in [0.15, 0.2) is 0 Å². The summed E-state index contributed by atoms with van der Waals surface area (Å²) < 4.78 is 206. The molecule has 0 saturated carbocycles. The zero-order valence-corrected chi connectivity index (χ0v) is 44.5. The van der Waals surface area contributed by atoms with Crippen molar-refractivity contribution in [3.05, 3.63) is 94.1 Å². The standard InChI is InChI=1S/C39H43BrN2O18S6.Na.H/c1-38(2)34(41(15-5-17-61(43,44)45)30-11-9-26-28(36(30)38)19-24(63(49,50)51)21-32(26)65(55,56)57)13-7-23(40)8-14-35-39(3,4)37-29-20-25(64(52,53)54)22-33(66(58,59)60)27(29)10-12-31(37)42(35)16-6-18-62(46,47)48;;/h7-14,19-22,34H,5-6,15-18H2,1-4H3,(H,43,44,45)(H,46,47,48)(H,49,50,51)(H,52,53,54)(H,55,56,57)(H,58,59,60);;/q;+1;-1/b13-7+,23-8-,35-14+;;. The van der Waals surface area contributed by atoms with Crippen molar-refractivity contribution in [2.75, 3.05) is 34.4 Å². The number of fused-ring (bicyclic) bond motifs is 6. The largest absolute Gasteiger partial charge is 1.00 e. The molecule has 0 aromatic heterocycles. The van der Waals surface area contributed by atoms with Crippen LogP contribution >= 0.6 is 15.9 Å². The number of benzene rings is 4. The zero-order valence-electron chi connectivity index (χ0n) is 37.1. The van der Waals surface area contributed by atoms with Gasteiger partial charge in [-0.25, -0.2) is 0 Å². The van der Waals surface area contributed by atoms with E-state index in [0.717, 1.165) is 12.1 Å². The van der Waals surface area contributed by atoms with Crippen LogP contribution < -0.4 is 39.4 Å². The van der Waals surface area contributed by atoms with Crippen LogP contribution in [-0.4, -0.2) is 108 Å². The summed E-state index contributed by atoms with van der Waals surface area (Å²) in [4.78, 5) is 0.180. The summed E-state index contributed by atoms with van der Waals surface area (Å²) in [5.74, 6) is -1.28. The smallest absolute Gasteiger partial charge is 1.00 e. The molecule has 4 aromatic carbocycles. The van der Waals surface area contributed by atoms with Crippen molar-refractivity contribution in [1.29, 1.82) is 0 Å². The van der Waals surface area contributed by atoms with E-state index in [1.165, 1.54) is 24.3 Å². The summed E-state index contributed by atoms with van der Waals surface area (Å²) in [7, 11) is -29.0. The third kappa shape index (κ3) is 11.5. The van der Waals surface area contributed by atoms with Gasteiger partial charge in [0.1, 0.15) is 9.79 Å². The minimum absolute atomic E-state index is 0. The average molecular weight is 1120 g/mol. The number of allylic oxidation sites excluding steroid dienone is 5. The van der Waals surface area contributed by atoms with Gasteiger partial charge in [-0.1, -0.05) is 61.8 Å². The van der Waals surface area contributed by atoms with E-state index in [1.807, 2.05) is 0 Å². The zero-order chi connectivity index (χ0) is 49.5. The van der Waals surface area contributed by atoms with Gasteiger partial charge in [-0.05, 0) is 89.4 Å². The molecule has 362 valence electrons. The van der Waals surface area contributed by atoms with Crippen LogP contribution in [0.5, 0.6) is 0 Å². The van der Waals surface area contributed by atoms with E-state index in [0.29, 0.717) is 44.8 Å². The Labute approximate surface area is 420 Å². The summed E-state index contributed by atoms with van der Waals surface area (Å²) in [6.07, 6.45) is 6.32. The number of nitrogens with zero attached hydrogens (tertiary/aromatic N) is 2. The Hall–Kier alpha value is -2.84. The van der Waals surface area contributed by atoms with Crippen molar-refractivity contribution in [3.8, 4) is 0 Å². The molecular weight excluding hydrogens is 1080 g/mol. The molecule has 2 aliphatic heterocycles. The van der Waals surface area contributed by atoms with Gasteiger partial charge >= 0.3 is 29.6 Å². The van der Waals surface area contributed by atoms with Crippen LogP contribution in [0.1, 0.15) is 53.1 Å². The molecule has 0 saturated heterocycles. The fourth-order valence-electron chi connectivity index (χ4n) is 8.90. The van der Waals surface area contributed by atoms with E-state index in [-0.39, 0.29) is 78.5 Å². The first-order valence-corrected chi connectivity index (χ1v) is 29.0. The van der Waals surface area contributed by atoms with Crippen molar-refractivity contribution < 1.29 is 109 Å². The molecule has 6 rings (SSSR count). The van der Waals surface area contributed by atoms with E-state index in [1.54, 1.807) is 61.8 Å². The summed E-state index contributed by atoms with van der Waals surface area (Å²) in [5, 5.41) is -0.117. The Morgan fingerprint density at radius 3 is 1.52 bits per heavy atom. The maximum absolute atomic E-state index is 12.5. The fraction of sp³-hybridized carbons (Fsp3) is 0.333.